The predicted octanol–water partition coefficient (Wildman–Crippen LogP) is 4.73. The van der Waals surface area contributed by atoms with Gasteiger partial charge in [-0.05, 0) is 63.4 Å². The first kappa shape index (κ1) is 21.4. The Balaban J connectivity index is 1.33. The molecule has 0 radical (unpaired) electrons. The molecular weight excluding hydrogens is 418 g/mol. The van der Waals surface area contributed by atoms with Gasteiger partial charge in [0.1, 0.15) is 23.3 Å². The van der Waals surface area contributed by atoms with Gasteiger partial charge >= 0.3 is 0 Å². The number of benzene rings is 2. The maximum absolute atomic E-state index is 13.0. The van der Waals surface area contributed by atoms with Gasteiger partial charge in [-0.1, -0.05) is 12.1 Å². The van der Waals surface area contributed by atoms with Crippen LogP contribution in [0.15, 0.2) is 36.4 Å². The van der Waals surface area contributed by atoms with Crippen molar-refractivity contribution in [2.45, 2.75) is 52.2 Å². The SMILES string of the molecule is CCOc1cc2c(c3[nH]c(C(=O)N[C@@H](C)c4ccc(NC(=O)C5CC5)cc4)cc13)O[C@H](C)C2. The summed E-state index contributed by atoms with van der Waals surface area (Å²) in [6.45, 7) is 6.47. The molecule has 1 saturated carbocycles. The van der Waals surface area contributed by atoms with Gasteiger partial charge in [0.25, 0.3) is 5.91 Å². The average Bonchev–Trinajstić information content (AvgIpc) is 3.43. The van der Waals surface area contributed by atoms with E-state index in [1.165, 1.54) is 0 Å². The number of amides is 2. The first-order chi connectivity index (χ1) is 15.9. The molecule has 0 spiro atoms. The third-order valence-electron chi connectivity index (χ3n) is 6.25. The smallest absolute Gasteiger partial charge is 0.268 e. The van der Waals surface area contributed by atoms with Gasteiger partial charge < -0.3 is 25.1 Å². The van der Waals surface area contributed by atoms with Gasteiger partial charge in [0, 0.05) is 29.0 Å². The van der Waals surface area contributed by atoms with Crippen molar-refractivity contribution in [2.24, 2.45) is 5.92 Å². The zero-order valence-corrected chi connectivity index (χ0v) is 19.2. The van der Waals surface area contributed by atoms with Gasteiger partial charge in [0.05, 0.1) is 18.2 Å². The molecule has 2 heterocycles. The number of fused-ring (bicyclic) bond motifs is 3. The lowest BCUT2D eigenvalue weighted by atomic mass is 10.1. The maximum atomic E-state index is 13.0. The van der Waals surface area contributed by atoms with E-state index < -0.39 is 0 Å². The second-order valence-electron chi connectivity index (χ2n) is 8.98. The van der Waals surface area contributed by atoms with Crippen molar-refractivity contribution in [2.75, 3.05) is 11.9 Å². The summed E-state index contributed by atoms with van der Waals surface area (Å²) in [5, 5.41) is 6.83. The lowest BCUT2D eigenvalue weighted by Gasteiger charge is -2.14. The minimum atomic E-state index is -0.203. The molecule has 33 heavy (non-hydrogen) atoms. The van der Waals surface area contributed by atoms with Crippen LogP contribution in [-0.2, 0) is 11.2 Å². The van der Waals surface area contributed by atoms with E-state index in [1.807, 2.05) is 57.2 Å². The van der Waals surface area contributed by atoms with E-state index in [0.717, 1.165) is 58.5 Å². The van der Waals surface area contributed by atoms with Gasteiger partial charge in [-0.15, -0.1) is 0 Å². The summed E-state index contributed by atoms with van der Waals surface area (Å²) in [4.78, 5) is 28.2. The second kappa shape index (κ2) is 8.46. The number of hydrogen-bond donors (Lipinski definition) is 3. The van der Waals surface area contributed by atoms with Crippen LogP contribution >= 0.6 is 0 Å². The molecule has 2 aliphatic rings. The van der Waals surface area contributed by atoms with Crippen molar-refractivity contribution in [3.05, 3.63) is 53.2 Å². The molecule has 0 saturated heterocycles. The number of aromatic nitrogens is 1. The third-order valence-corrected chi connectivity index (χ3v) is 6.25. The summed E-state index contributed by atoms with van der Waals surface area (Å²) in [6, 6.07) is 11.2. The van der Waals surface area contributed by atoms with Crippen molar-refractivity contribution < 1.29 is 19.1 Å². The van der Waals surface area contributed by atoms with E-state index >= 15 is 0 Å². The number of aromatic amines is 1. The molecule has 7 heteroatoms. The van der Waals surface area contributed by atoms with Gasteiger partial charge in [-0.3, -0.25) is 9.59 Å². The number of anilines is 1. The summed E-state index contributed by atoms with van der Waals surface area (Å²) < 4.78 is 11.8. The predicted molar refractivity (Wildman–Crippen MR) is 127 cm³/mol. The second-order valence-corrected chi connectivity index (χ2v) is 8.98. The Morgan fingerprint density at radius 3 is 2.67 bits per heavy atom. The third kappa shape index (κ3) is 4.27. The first-order valence-electron chi connectivity index (χ1n) is 11.6. The minimum absolute atomic E-state index is 0.0826. The zero-order chi connectivity index (χ0) is 23.1. The summed E-state index contributed by atoms with van der Waals surface area (Å²) in [6.07, 6.45) is 2.86. The van der Waals surface area contributed by atoms with Crippen LogP contribution in [0, 0.1) is 5.92 Å². The highest BCUT2D eigenvalue weighted by atomic mass is 16.5. The van der Waals surface area contributed by atoms with Crippen LogP contribution in [0.5, 0.6) is 11.5 Å². The van der Waals surface area contributed by atoms with Crippen molar-refractivity contribution >= 4 is 28.4 Å². The molecule has 2 atom stereocenters. The van der Waals surface area contributed by atoms with E-state index in [9.17, 15) is 9.59 Å². The highest BCUT2D eigenvalue weighted by Gasteiger charge is 2.29. The first-order valence-corrected chi connectivity index (χ1v) is 11.6. The Morgan fingerprint density at radius 2 is 1.97 bits per heavy atom. The number of H-pyrrole nitrogens is 1. The quantitative estimate of drug-likeness (QED) is 0.488. The van der Waals surface area contributed by atoms with Crippen LogP contribution in [0.1, 0.15) is 61.3 Å². The topological polar surface area (TPSA) is 92.5 Å². The molecule has 172 valence electrons. The van der Waals surface area contributed by atoms with Crippen LogP contribution in [-0.4, -0.2) is 29.5 Å². The average molecular weight is 448 g/mol. The molecule has 0 bridgehead atoms. The summed E-state index contributed by atoms with van der Waals surface area (Å²) in [5.41, 5.74) is 4.08. The highest BCUT2D eigenvalue weighted by Crippen LogP contribution is 2.41. The fourth-order valence-electron chi connectivity index (χ4n) is 4.33. The molecule has 2 aromatic carbocycles. The van der Waals surface area contributed by atoms with Crippen molar-refractivity contribution in [3.63, 3.8) is 0 Å². The van der Waals surface area contributed by atoms with E-state index in [2.05, 4.69) is 15.6 Å². The molecule has 1 aromatic heterocycles. The fourth-order valence-corrected chi connectivity index (χ4v) is 4.33. The normalized spacial score (nSPS) is 17.8. The lowest BCUT2D eigenvalue weighted by molar-refractivity contribution is -0.117. The Morgan fingerprint density at radius 1 is 1.21 bits per heavy atom. The van der Waals surface area contributed by atoms with Crippen LogP contribution < -0.4 is 20.1 Å². The van der Waals surface area contributed by atoms with Crippen molar-refractivity contribution in [3.8, 4) is 11.5 Å². The summed E-state index contributed by atoms with van der Waals surface area (Å²) in [7, 11) is 0. The zero-order valence-electron chi connectivity index (χ0n) is 19.2. The number of hydrogen-bond acceptors (Lipinski definition) is 4. The van der Waals surface area contributed by atoms with Gasteiger partial charge in [-0.25, -0.2) is 0 Å². The molecule has 1 aliphatic carbocycles. The molecule has 3 N–H and O–H groups in total. The van der Waals surface area contributed by atoms with Crippen LogP contribution in [0.4, 0.5) is 5.69 Å². The number of nitrogens with one attached hydrogen (secondary N) is 3. The van der Waals surface area contributed by atoms with E-state index in [1.54, 1.807) is 0 Å². The van der Waals surface area contributed by atoms with E-state index in [0.29, 0.717) is 12.3 Å². The van der Waals surface area contributed by atoms with Gasteiger partial charge in [0.2, 0.25) is 5.91 Å². The Kier molecular flexibility index (Phi) is 5.48. The Labute approximate surface area is 192 Å². The maximum Gasteiger partial charge on any atom is 0.268 e. The van der Waals surface area contributed by atoms with Gasteiger partial charge in [-0.2, -0.15) is 0 Å². The largest absolute Gasteiger partial charge is 0.493 e. The van der Waals surface area contributed by atoms with Crippen LogP contribution in [0.2, 0.25) is 0 Å². The van der Waals surface area contributed by atoms with E-state index in [-0.39, 0.29) is 29.9 Å². The molecule has 2 amide bonds. The fraction of sp³-hybridized carbons (Fsp3) is 0.385. The highest BCUT2D eigenvalue weighted by molar-refractivity contribution is 6.02. The monoisotopic (exact) mass is 447 g/mol. The number of ether oxygens (including phenoxy) is 2. The van der Waals surface area contributed by atoms with Crippen molar-refractivity contribution in [1.82, 2.24) is 10.3 Å². The van der Waals surface area contributed by atoms with Crippen molar-refractivity contribution in [1.29, 1.82) is 0 Å². The molecule has 0 unspecified atom stereocenters. The standard InChI is InChI=1S/C26H29N3O4/c1-4-32-22-12-18-11-14(2)33-24(18)23-20(22)13-21(29-23)26(31)27-15(3)16-7-9-19(10-8-16)28-25(30)17-5-6-17/h7-10,12-15,17,29H,4-6,11H2,1-3H3,(H,27,31)(H,28,30)/t14-,15+/m1/s1. The number of carbonyl (C=O) groups excluding carboxylic acids is 2. The Bertz CT molecular complexity index is 1210. The Hall–Kier alpha value is -3.48. The minimum Gasteiger partial charge on any atom is -0.493 e. The number of rotatable bonds is 7. The molecule has 7 nitrogen and oxygen atoms in total. The van der Waals surface area contributed by atoms with Crippen LogP contribution in [0.25, 0.3) is 10.9 Å². The van der Waals surface area contributed by atoms with E-state index in [4.69, 9.17) is 9.47 Å². The molecule has 1 aliphatic heterocycles. The lowest BCUT2D eigenvalue weighted by Crippen LogP contribution is -2.26. The summed E-state index contributed by atoms with van der Waals surface area (Å²) in [5.74, 6) is 1.61. The number of carbonyl (C=O) groups is 2. The summed E-state index contributed by atoms with van der Waals surface area (Å²) >= 11 is 0. The van der Waals surface area contributed by atoms with Crippen LogP contribution in [0.3, 0.4) is 0 Å². The molecule has 1 fully saturated rings. The molecule has 5 rings (SSSR count). The molecular formula is C26H29N3O4. The van der Waals surface area contributed by atoms with Gasteiger partial charge in [0.15, 0.2) is 0 Å². The molecule has 3 aromatic rings.